The van der Waals surface area contributed by atoms with Crippen molar-refractivity contribution in [3.05, 3.63) is 32.1 Å². The second kappa shape index (κ2) is 5.51. The molecule has 2 aromatic heterocycles. The van der Waals surface area contributed by atoms with Gasteiger partial charge in [-0.25, -0.2) is 9.97 Å². The number of aryl methyl sites for hydroxylation is 2. The standard InChI is InChI=1S/C12H11Cl2FN2S/c1-3-4-7-10(14)11(17-5-16-7)8-9(13)6(2)18-12(8)15/h5H,3-4H2,1-2H3. The highest BCUT2D eigenvalue weighted by atomic mass is 35.5. The molecule has 0 fully saturated rings. The third-order valence-electron chi connectivity index (χ3n) is 2.55. The van der Waals surface area contributed by atoms with Crippen molar-refractivity contribution in [3.8, 4) is 11.3 Å². The molecule has 0 N–H and O–H groups in total. The summed E-state index contributed by atoms with van der Waals surface area (Å²) in [5.41, 5.74) is 1.38. The predicted octanol–water partition coefficient (Wildman–Crippen LogP) is 4.91. The number of nitrogens with zero attached hydrogens (tertiary/aromatic N) is 2. The third kappa shape index (κ3) is 2.37. The summed E-state index contributed by atoms with van der Waals surface area (Å²) < 4.78 is 13.9. The molecule has 0 amide bonds. The van der Waals surface area contributed by atoms with Gasteiger partial charge in [-0.1, -0.05) is 36.5 Å². The van der Waals surface area contributed by atoms with Crippen molar-refractivity contribution in [1.29, 1.82) is 0 Å². The van der Waals surface area contributed by atoms with Crippen molar-refractivity contribution in [2.24, 2.45) is 0 Å². The van der Waals surface area contributed by atoms with E-state index in [1.807, 2.05) is 6.92 Å². The Balaban J connectivity index is 2.61. The van der Waals surface area contributed by atoms with Crippen molar-refractivity contribution in [2.45, 2.75) is 26.7 Å². The van der Waals surface area contributed by atoms with Crippen LogP contribution in [0.1, 0.15) is 23.9 Å². The molecule has 0 atom stereocenters. The Bertz CT molecular complexity index is 584. The van der Waals surface area contributed by atoms with E-state index in [-0.39, 0.29) is 10.7 Å². The van der Waals surface area contributed by atoms with Crippen LogP contribution < -0.4 is 0 Å². The van der Waals surface area contributed by atoms with Crippen LogP contribution in [0.3, 0.4) is 0 Å². The van der Waals surface area contributed by atoms with Gasteiger partial charge >= 0.3 is 0 Å². The first kappa shape index (κ1) is 13.7. The lowest BCUT2D eigenvalue weighted by atomic mass is 10.1. The van der Waals surface area contributed by atoms with Crippen molar-refractivity contribution >= 4 is 34.5 Å². The van der Waals surface area contributed by atoms with Crippen molar-refractivity contribution in [3.63, 3.8) is 0 Å². The quantitative estimate of drug-likeness (QED) is 0.805. The molecule has 6 heteroatoms. The smallest absolute Gasteiger partial charge is 0.187 e. The van der Waals surface area contributed by atoms with Gasteiger partial charge in [0.15, 0.2) is 5.13 Å². The summed E-state index contributed by atoms with van der Waals surface area (Å²) in [4.78, 5) is 8.90. The van der Waals surface area contributed by atoms with Gasteiger partial charge in [0.05, 0.1) is 27.0 Å². The van der Waals surface area contributed by atoms with Crippen LogP contribution in [0.25, 0.3) is 11.3 Å². The Morgan fingerprint density at radius 1 is 1.28 bits per heavy atom. The van der Waals surface area contributed by atoms with E-state index in [1.54, 1.807) is 6.92 Å². The maximum Gasteiger partial charge on any atom is 0.187 e. The fraction of sp³-hybridized carbons (Fsp3) is 0.333. The van der Waals surface area contributed by atoms with Crippen molar-refractivity contribution < 1.29 is 4.39 Å². The van der Waals surface area contributed by atoms with E-state index >= 15 is 0 Å². The van der Waals surface area contributed by atoms with Gasteiger partial charge in [0.1, 0.15) is 6.33 Å². The zero-order chi connectivity index (χ0) is 13.3. The summed E-state index contributed by atoms with van der Waals surface area (Å²) >= 11 is 13.3. The maximum absolute atomic E-state index is 13.9. The molecule has 0 saturated carbocycles. The second-order valence-electron chi connectivity index (χ2n) is 3.85. The van der Waals surface area contributed by atoms with E-state index in [0.717, 1.165) is 34.7 Å². The van der Waals surface area contributed by atoms with Gasteiger partial charge in [-0.2, -0.15) is 4.39 Å². The molecule has 2 rings (SSSR count). The molecule has 0 aromatic carbocycles. The van der Waals surface area contributed by atoms with Crippen LogP contribution in [0.4, 0.5) is 4.39 Å². The molecule has 0 unspecified atom stereocenters. The Morgan fingerprint density at radius 2 is 2.00 bits per heavy atom. The zero-order valence-electron chi connectivity index (χ0n) is 9.93. The molecule has 0 aliphatic heterocycles. The molecule has 18 heavy (non-hydrogen) atoms. The molecule has 2 aromatic rings. The van der Waals surface area contributed by atoms with E-state index in [2.05, 4.69) is 9.97 Å². The highest BCUT2D eigenvalue weighted by Gasteiger charge is 2.21. The SMILES string of the molecule is CCCc1ncnc(-c2c(F)sc(C)c2Cl)c1Cl. The number of halogens is 3. The highest BCUT2D eigenvalue weighted by Crippen LogP contribution is 2.40. The summed E-state index contributed by atoms with van der Waals surface area (Å²) in [6.07, 6.45) is 3.04. The lowest BCUT2D eigenvalue weighted by molar-refractivity contribution is 0.659. The minimum atomic E-state index is -0.361. The Labute approximate surface area is 119 Å². The predicted molar refractivity (Wildman–Crippen MR) is 74.1 cm³/mol. The highest BCUT2D eigenvalue weighted by molar-refractivity contribution is 7.11. The first-order valence-corrected chi connectivity index (χ1v) is 7.07. The molecule has 0 saturated heterocycles. The summed E-state index contributed by atoms with van der Waals surface area (Å²) in [7, 11) is 0. The number of rotatable bonds is 3. The van der Waals surface area contributed by atoms with Crippen molar-refractivity contribution in [1.82, 2.24) is 9.97 Å². The van der Waals surface area contributed by atoms with E-state index in [4.69, 9.17) is 23.2 Å². The zero-order valence-corrected chi connectivity index (χ0v) is 12.3. The van der Waals surface area contributed by atoms with Gasteiger partial charge in [0, 0.05) is 4.88 Å². The lowest BCUT2D eigenvalue weighted by Crippen LogP contribution is -1.96. The number of hydrogen-bond acceptors (Lipinski definition) is 3. The van der Waals surface area contributed by atoms with Crippen molar-refractivity contribution in [2.75, 3.05) is 0 Å². The van der Waals surface area contributed by atoms with Crippen LogP contribution in [0.2, 0.25) is 10.0 Å². The summed E-state index contributed by atoms with van der Waals surface area (Å²) in [5, 5.41) is 0.402. The molecular weight excluding hydrogens is 294 g/mol. The summed E-state index contributed by atoms with van der Waals surface area (Å²) in [6.45, 7) is 3.79. The Kier molecular flexibility index (Phi) is 4.20. The van der Waals surface area contributed by atoms with Gasteiger partial charge < -0.3 is 0 Å². The molecule has 0 bridgehead atoms. The number of hydrogen-bond donors (Lipinski definition) is 0. The molecule has 0 radical (unpaired) electrons. The van der Waals surface area contributed by atoms with Crippen LogP contribution in [0, 0.1) is 12.1 Å². The van der Waals surface area contributed by atoms with E-state index in [1.165, 1.54) is 6.33 Å². The largest absolute Gasteiger partial charge is 0.240 e. The topological polar surface area (TPSA) is 25.8 Å². The molecule has 2 nitrogen and oxygen atoms in total. The fourth-order valence-electron chi connectivity index (χ4n) is 1.68. The molecule has 0 aliphatic carbocycles. The molecule has 96 valence electrons. The van der Waals surface area contributed by atoms with Gasteiger partial charge in [0.25, 0.3) is 0 Å². The average molecular weight is 305 g/mol. The first-order chi connectivity index (χ1) is 8.56. The third-order valence-corrected chi connectivity index (χ3v) is 4.43. The molecule has 0 spiro atoms. The normalized spacial score (nSPS) is 10.9. The second-order valence-corrected chi connectivity index (χ2v) is 5.78. The van der Waals surface area contributed by atoms with E-state index < -0.39 is 0 Å². The summed E-state index contributed by atoms with van der Waals surface area (Å²) in [5.74, 6) is 0. The van der Waals surface area contributed by atoms with Crippen LogP contribution in [0.5, 0.6) is 0 Å². The first-order valence-electron chi connectivity index (χ1n) is 5.50. The number of aromatic nitrogens is 2. The van der Waals surface area contributed by atoms with Gasteiger partial charge in [-0.15, -0.1) is 11.3 Å². The lowest BCUT2D eigenvalue weighted by Gasteiger charge is -2.06. The Hall–Kier alpha value is -0.710. The Morgan fingerprint density at radius 3 is 2.56 bits per heavy atom. The van der Waals surface area contributed by atoms with E-state index in [9.17, 15) is 4.39 Å². The molecule has 2 heterocycles. The van der Waals surface area contributed by atoms with Crippen LogP contribution >= 0.6 is 34.5 Å². The van der Waals surface area contributed by atoms with Gasteiger partial charge in [0.2, 0.25) is 0 Å². The fourth-order valence-corrected chi connectivity index (χ4v) is 3.07. The van der Waals surface area contributed by atoms with E-state index in [0.29, 0.717) is 15.7 Å². The van der Waals surface area contributed by atoms with Crippen LogP contribution in [0.15, 0.2) is 6.33 Å². The monoisotopic (exact) mass is 304 g/mol. The van der Waals surface area contributed by atoms with Gasteiger partial charge in [-0.05, 0) is 13.3 Å². The van der Waals surface area contributed by atoms with Crippen LogP contribution in [-0.4, -0.2) is 9.97 Å². The molecular formula is C12H11Cl2FN2S. The average Bonchev–Trinajstić information content (AvgIpc) is 2.57. The maximum atomic E-state index is 13.9. The minimum Gasteiger partial charge on any atom is -0.240 e. The van der Waals surface area contributed by atoms with Crippen LogP contribution in [-0.2, 0) is 6.42 Å². The molecule has 0 aliphatic rings. The van der Waals surface area contributed by atoms with Gasteiger partial charge in [-0.3, -0.25) is 0 Å². The number of thiophene rings is 1. The summed E-state index contributed by atoms with van der Waals surface area (Å²) in [6, 6.07) is 0. The minimum absolute atomic E-state index is 0.281.